The summed E-state index contributed by atoms with van der Waals surface area (Å²) in [4.78, 5) is 32.1. The number of carbonyl (C=O) groups excluding carboxylic acids is 2. The third-order valence-corrected chi connectivity index (χ3v) is 3.36. The summed E-state index contributed by atoms with van der Waals surface area (Å²) in [6.07, 6.45) is 3.19. The van der Waals surface area contributed by atoms with Crippen molar-refractivity contribution in [1.82, 2.24) is 15.3 Å². The Labute approximate surface area is 132 Å². The van der Waals surface area contributed by atoms with Crippen LogP contribution in [0.25, 0.3) is 11.0 Å². The second-order valence-electron chi connectivity index (χ2n) is 4.87. The lowest BCUT2D eigenvalue weighted by Gasteiger charge is -2.07. The predicted molar refractivity (Wildman–Crippen MR) is 87.3 cm³/mol. The molecule has 0 radical (unpaired) electrons. The average Bonchev–Trinajstić information content (AvgIpc) is 2.61. The highest BCUT2D eigenvalue weighted by molar-refractivity contribution is 6.06. The van der Waals surface area contributed by atoms with Crippen molar-refractivity contribution in [2.75, 3.05) is 12.4 Å². The number of benzene rings is 2. The Balaban J connectivity index is 1.78. The fraction of sp³-hybridized carbons (Fsp3) is 0.0588. The monoisotopic (exact) mass is 306 g/mol. The number of anilines is 1. The number of nitrogens with one attached hydrogen (secondary N) is 2. The van der Waals surface area contributed by atoms with E-state index in [1.165, 1.54) is 0 Å². The molecule has 0 saturated carbocycles. The summed E-state index contributed by atoms with van der Waals surface area (Å²) in [7, 11) is 1.57. The first-order valence-corrected chi connectivity index (χ1v) is 7.01. The van der Waals surface area contributed by atoms with E-state index in [2.05, 4.69) is 20.6 Å². The van der Waals surface area contributed by atoms with Crippen LogP contribution in [0.15, 0.2) is 54.9 Å². The predicted octanol–water partition coefficient (Wildman–Crippen LogP) is 2.24. The molecule has 2 aromatic carbocycles. The quantitative estimate of drug-likeness (QED) is 0.777. The van der Waals surface area contributed by atoms with Crippen LogP contribution >= 0.6 is 0 Å². The van der Waals surface area contributed by atoms with Gasteiger partial charge in [0.1, 0.15) is 0 Å². The van der Waals surface area contributed by atoms with E-state index in [9.17, 15) is 9.59 Å². The minimum Gasteiger partial charge on any atom is -0.355 e. The van der Waals surface area contributed by atoms with Gasteiger partial charge in [-0.25, -0.2) is 0 Å². The van der Waals surface area contributed by atoms with Gasteiger partial charge in [0.2, 0.25) is 0 Å². The van der Waals surface area contributed by atoms with Gasteiger partial charge in [-0.3, -0.25) is 19.6 Å². The molecule has 0 atom stereocenters. The van der Waals surface area contributed by atoms with Crippen molar-refractivity contribution >= 4 is 28.5 Å². The number of nitrogens with zero attached hydrogens (tertiary/aromatic N) is 2. The Bertz CT molecular complexity index is 875. The molecule has 0 aliphatic carbocycles. The van der Waals surface area contributed by atoms with Crippen molar-refractivity contribution < 1.29 is 9.59 Å². The molecule has 0 saturated heterocycles. The van der Waals surface area contributed by atoms with Crippen LogP contribution in [0.4, 0.5) is 5.69 Å². The summed E-state index contributed by atoms with van der Waals surface area (Å²) in [5.41, 5.74) is 3.04. The molecule has 0 spiro atoms. The number of hydrogen-bond acceptors (Lipinski definition) is 4. The molecule has 1 heterocycles. The van der Waals surface area contributed by atoms with Crippen molar-refractivity contribution in [1.29, 1.82) is 0 Å². The molecule has 23 heavy (non-hydrogen) atoms. The zero-order chi connectivity index (χ0) is 16.2. The normalized spacial score (nSPS) is 10.3. The summed E-state index contributed by atoms with van der Waals surface area (Å²) >= 11 is 0. The van der Waals surface area contributed by atoms with E-state index in [4.69, 9.17) is 0 Å². The van der Waals surface area contributed by atoms with E-state index < -0.39 is 0 Å². The number of fused-ring (bicyclic) bond motifs is 1. The molecular formula is C17H14N4O2. The molecule has 1 aromatic heterocycles. The maximum absolute atomic E-state index is 12.3. The summed E-state index contributed by atoms with van der Waals surface area (Å²) in [5, 5.41) is 5.33. The van der Waals surface area contributed by atoms with Gasteiger partial charge in [0, 0.05) is 36.3 Å². The topological polar surface area (TPSA) is 84.0 Å². The lowest BCUT2D eigenvalue weighted by atomic mass is 10.1. The fourth-order valence-corrected chi connectivity index (χ4v) is 2.16. The minimum absolute atomic E-state index is 0.170. The van der Waals surface area contributed by atoms with Crippen molar-refractivity contribution in [2.45, 2.75) is 0 Å². The molecule has 6 heteroatoms. The van der Waals surface area contributed by atoms with Crippen LogP contribution in [0.1, 0.15) is 20.7 Å². The Morgan fingerprint density at radius 1 is 0.826 bits per heavy atom. The van der Waals surface area contributed by atoms with Gasteiger partial charge in [-0.1, -0.05) is 0 Å². The van der Waals surface area contributed by atoms with Crippen LogP contribution in [0.3, 0.4) is 0 Å². The van der Waals surface area contributed by atoms with Crippen LogP contribution < -0.4 is 10.6 Å². The molecule has 0 unspecified atom stereocenters. The second kappa shape index (κ2) is 6.23. The molecule has 0 aliphatic heterocycles. The van der Waals surface area contributed by atoms with Gasteiger partial charge in [0.05, 0.1) is 11.0 Å². The van der Waals surface area contributed by atoms with E-state index >= 15 is 0 Å². The van der Waals surface area contributed by atoms with E-state index in [0.29, 0.717) is 22.3 Å². The molecule has 0 bridgehead atoms. The van der Waals surface area contributed by atoms with Gasteiger partial charge in [-0.15, -0.1) is 0 Å². The van der Waals surface area contributed by atoms with Gasteiger partial charge in [0.25, 0.3) is 11.8 Å². The molecular weight excluding hydrogens is 292 g/mol. The van der Waals surface area contributed by atoms with E-state index in [-0.39, 0.29) is 11.8 Å². The number of aromatic nitrogens is 2. The van der Waals surface area contributed by atoms with Crippen molar-refractivity contribution in [3.8, 4) is 0 Å². The first-order valence-electron chi connectivity index (χ1n) is 7.01. The Morgan fingerprint density at radius 2 is 1.48 bits per heavy atom. The zero-order valence-electron chi connectivity index (χ0n) is 12.4. The molecule has 0 aliphatic rings. The maximum atomic E-state index is 12.3. The average molecular weight is 306 g/mol. The SMILES string of the molecule is CNC(=O)c1ccc(NC(=O)c2ccc3nccnc3c2)cc1. The standard InChI is InChI=1S/C17H14N4O2/c1-18-16(22)11-2-5-13(6-3-11)21-17(23)12-4-7-14-15(10-12)20-9-8-19-14/h2-10H,1H3,(H,18,22)(H,21,23). The third-order valence-electron chi connectivity index (χ3n) is 3.36. The lowest BCUT2D eigenvalue weighted by Crippen LogP contribution is -2.17. The van der Waals surface area contributed by atoms with E-state index in [1.54, 1.807) is 61.9 Å². The molecule has 6 nitrogen and oxygen atoms in total. The third kappa shape index (κ3) is 3.16. The highest BCUT2D eigenvalue weighted by Gasteiger charge is 2.09. The lowest BCUT2D eigenvalue weighted by molar-refractivity contribution is 0.0962. The van der Waals surface area contributed by atoms with Gasteiger partial charge in [-0.2, -0.15) is 0 Å². The summed E-state index contributed by atoms with van der Waals surface area (Å²) < 4.78 is 0. The Kier molecular flexibility index (Phi) is 3.97. The Hall–Kier alpha value is -3.28. The van der Waals surface area contributed by atoms with Crippen molar-refractivity contribution in [3.05, 3.63) is 66.0 Å². The van der Waals surface area contributed by atoms with E-state index in [0.717, 1.165) is 5.52 Å². The summed E-state index contributed by atoms with van der Waals surface area (Å²) in [5.74, 6) is -0.416. The molecule has 3 rings (SSSR count). The van der Waals surface area contributed by atoms with Crippen LogP contribution in [0, 0.1) is 0 Å². The van der Waals surface area contributed by atoms with Gasteiger partial charge in [-0.05, 0) is 42.5 Å². The van der Waals surface area contributed by atoms with Crippen LogP contribution in [-0.4, -0.2) is 28.8 Å². The number of amides is 2. The zero-order valence-corrected chi connectivity index (χ0v) is 12.4. The Morgan fingerprint density at radius 3 is 2.17 bits per heavy atom. The maximum Gasteiger partial charge on any atom is 0.255 e. The van der Waals surface area contributed by atoms with Crippen LogP contribution in [0.2, 0.25) is 0 Å². The number of carbonyl (C=O) groups is 2. The smallest absolute Gasteiger partial charge is 0.255 e. The van der Waals surface area contributed by atoms with Crippen molar-refractivity contribution in [2.24, 2.45) is 0 Å². The van der Waals surface area contributed by atoms with Crippen molar-refractivity contribution in [3.63, 3.8) is 0 Å². The van der Waals surface area contributed by atoms with Crippen LogP contribution in [0.5, 0.6) is 0 Å². The molecule has 0 fully saturated rings. The number of hydrogen-bond donors (Lipinski definition) is 2. The summed E-state index contributed by atoms with van der Waals surface area (Å²) in [6, 6.07) is 11.8. The second-order valence-corrected chi connectivity index (χ2v) is 4.87. The van der Waals surface area contributed by atoms with Gasteiger partial charge in [0.15, 0.2) is 0 Å². The molecule has 2 N–H and O–H groups in total. The molecule has 2 amide bonds. The number of rotatable bonds is 3. The highest BCUT2D eigenvalue weighted by atomic mass is 16.2. The largest absolute Gasteiger partial charge is 0.355 e. The first-order chi connectivity index (χ1) is 11.2. The molecule has 114 valence electrons. The van der Waals surface area contributed by atoms with Gasteiger partial charge < -0.3 is 10.6 Å². The highest BCUT2D eigenvalue weighted by Crippen LogP contribution is 2.14. The summed E-state index contributed by atoms with van der Waals surface area (Å²) in [6.45, 7) is 0. The molecule has 3 aromatic rings. The van der Waals surface area contributed by atoms with Gasteiger partial charge >= 0.3 is 0 Å². The van der Waals surface area contributed by atoms with E-state index in [1.807, 2.05) is 0 Å². The minimum atomic E-state index is -0.245. The van der Waals surface area contributed by atoms with Crippen LogP contribution in [-0.2, 0) is 0 Å². The fourth-order valence-electron chi connectivity index (χ4n) is 2.16. The first kappa shape index (κ1) is 14.6.